The van der Waals surface area contributed by atoms with E-state index in [1.165, 1.54) is 4.80 Å². The Labute approximate surface area is 201 Å². The highest BCUT2D eigenvalue weighted by Crippen LogP contribution is 2.38. The normalized spacial score (nSPS) is 12.4. The highest BCUT2D eigenvalue weighted by molar-refractivity contribution is 6.03. The Morgan fingerprint density at radius 3 is 2.69 bits per heavy atom. The third-order valence-corrected chi connectivity index (χ3v) is 5.60. The molecule has 1 amide bonds. The van der Waals surface area contributed by atoms with Crippen LogP contribution in [-0.2, 0) is 20.0 Å². The van der Waals surface area contributed by atoms with Crippen LogP contribution < -0.4 is 10.1 Å². The second-order valence-electron chi connectivity index (χ2n) is 8.03. The first-order valence-electron chi connectivity index (χ1n) is 10.8. The van der Waals surface area contributed by atoms with Gasteiger partial charge in [-0.3, -0.25) is 9.78 Å². The van der Waals surface area contributed by atoms with E-state index < -0.39 is 0 Å². The van der Waals surface area contributed by atoms with Gasteiger partial charge in [-0.05, 0) is 35.5 Å². The average molecular weight is 467 g/mol. The molecule has 1 N–H and O–H groups in total. The lowest BCUT2D eigenvalue weighted by atomic mass is 10.1. The van der Waals surface area contributed by atoms with Crippen LogP contribution in [0.4, 0.5) is 17.2 Å². The smallest absolute Gasteiger partial charge is 0.269 e. The minimum Gasteiger partial charge on any atom is -0.494 e. The predicted octanol–water partition coefficient (Wildman–Crippen LogP) is 3.15. The van der Waals surface area contributed by atoms with Gasteiger partial charge in [0, 0.05) is 7.05 Å². The number of ether oxygens (including phenoxy) is 1. The number of nitrogens with one attached hydrogen (secondary N) is 1. The van der Waals surface area contributed by atoms with Crippen molar-refractivity contribution in [3.05, 3.63) is 76.5 Å². The van der Waals surface area contributed by atoms with Crippen LogP contribution in [0.3, 0.4) is 0 Å². The third-order valence-electron chi connectivity index (χ3n) is 5.60. The van der Waals surface area contributed by atoms with Crippen LogP contribution in [0.15, 0.2) is 42.5 Å². The summed E-state index contributed by atoms with van der Waals surface area (Å²) >= 11 is 0. The second kappa shape index (κ2) is 8.83. The number of anilines is 2. The quantitative estimate of drug-likeness (QED) is 0.430. The molecular weight excluding hydrogens is 446 g/mol. The zero-order valence-corrected chi connectivity index (χ0v) is 19.3. The fraction of sp³-hybridized carbons (Fsp3) is 0.208. The fourth-order valence-electron chi connectivity index (χ4n) is 4.07. The number of carbonyl (C=O) groups excluding carboxylic acids is 1. The Kier molecular flexibility index (Phi) is 5.54. The molecule has 0 saturated carbocycles. The van der Waals surface area contributed by atoms with Crippen molar-refractivity contribution in [3.8, 4) is 17.1 Å². The molecule has 3 aromatic heterocycles. The molecule has 0 atom stereocenters. The van der Waals surface area contributed by atoms with Crippen molar-refractivity contribution in [1.82, 2.24) is 35.1 Å². The number of hydrogen-bond acceptors (Lipinski definition) is 8. The molecule has 4 heterocycles. The van der Waals surface area contributed by atoms with E-state index in [0.29, 0.717) is 58.6 Å². The van der Waals surface area contributed by atoms with E-state index in [1.54, 1.807) is 38.2 Å². The van der Waals surface area contributed by atoms with Crippen LogP contribution in [0.1, 0.15) is 27.4 Å². The maximum Gasteiger partial charge on any atom is 0.269 e. The summed E-state index contributed by atoms with van der Waals surface area (Å²) in [6.45, 7) is 7.62. The number of rotatable bonds is 6. The molecule has 0 aliphatic carbocycles. The molecular formula is C24H21N9O2. The molecule has 0 spiro atoms. The minimum atomic E-state index is -0.111. The minimum absolute atomic E-state index is 0.111. The van der Waals surface area contributed by atoms with Crippen LogP contribution in [0, 0.1) is 6.57 Å². The van der Waals surface area contributed by atoms with Crippen molar-refractivity contribution in [1.29, 1.82) is 0 Å². The molecule has 174 valence electrons. The van der Waals surface area contributed by atoms with E-state index in [1.807, 2.05) is 30.3 Å². The molecule has 1 aliphatic rings. The number of tetrazole rings is 1. The molecule has 0 saturated heterocycles. The molecule has 11 heteroatoms. The molecule has 0 radical (unpaired) electrons. The van der Waals surface area contributed by atoms with E-state index in [0.717, 1.165) is 11.4 Å². The van der Waals surface area contributed by atoms with Crippen LogP contribution in [0.2, 0.25) is 0 Å². The van der Waals surface area contributed by atoms with E-state index in [2.05, 4.69) is 30.6 Å². The summed E-state index contributed by atoms with van der Waals surface area (Å²) in [5.41, 5.74) is 4.59. The maximum absolute atomic E-state index is 12.9. The van der Waals surface area contributed by atoms with Gasteiger partial charge in [0.15, 0.2) is 5.75 Å². The number of nitrogens with zero attached hydrogens (tertiary/aromatic N) is 8. The highest BCUT2D eigenvalue weighted by atomic mass is 16.5. The molecule has 35 heavy (non-hydrogen) atoms. The molecule has 5 rings (SSSR count). The molecule has 0 fully saturated rings. The zero-order chi connectivity index (χ0) is 24.5. The van der Waals surface area contributed by atoms with Crippen LogP contribution in [0.25, 0.3) is 16.2 Å². The first-order valence-corrected chi connectivity index (χ1v) is 10.8. The number of para-hydroxylation sites is 1. The highest BCUT2D eigenvalue weighted by Gasteiger charge is 2.30. The van der Waals surface area contributed by atoms with E-state index >= 15 is 0 Å². The van der Waals surface area contributed by atoms with Crippen molar-refractivity contribution in [2.75, 3.05) is 19.5 Å². The van der Waals surface area contributed by atoms with Crippen LogP contribution >= 0.6 is 0 Å². The van der Waals surface area contributed by atoms with Crippen molar-refractivity contribution in [2.45, 2.75) is 13.0 Å². The van der Waals surface area contributed by atoms with Gasteiger partial charge in [-0.15, -0.1) is 15.2 Å². The van der Waals surface area contributed by atoms with Crippen LogP contribution in [0.5, 0.6) is 5.75 Å². The van der Waals surface area contributed by atoms with Crippen molar-refractivity contribution >= 4 is 23.1 Å². The summed E-state index contributed by atoms with van der Waals surface area (Å²) < 4.78 is 5.70. The Bertz CT molecular complexity index is 1490. The number of hydrogen-bond donors (Lipinski definition) is 1. The first kappa shape index (κ1) is 22.0. The standard InChI is InChI=1S/C24H21N9O2/c1-25-20-10-5-7-14(27-20)11-15-12-18(21-19(26-15)13-32(2)24(21)34)28-17-9-6-8-16(22(17)35-4)23-29-31-33(3)30-23/h5-10,12H,11,13H2,2-4H3,(H,26,28). The second-order valence-corrected chi connectivity index (χ2v) is 8.03. The number of aryl methyl sites for hydroxylation is 1. The predicted molar refractivity (Wildman–Crippen MR) is 127 cm³/mol. The van der Waals surface area contributed by atoms with E-state index in [-0.39, 0.29) is 5.91 Å². The number of carbonyl (C=O) groups is 1. The van der Waals surface area contributed by atoms with Crippen LogP contribution in [-0.4, -0.2) is 55.1 Å². The summed E-state index contributed by atoms with van der Waals surface area (Å²) in [6, 6.07) is 12.7. The van der Waals surface area contributed by atoms with Crippen molar-refractivity contribution in [3.63, 3.8) is 0 Å². The van der Waals surface area contributed by atoms with Gasteiger partial charge >= 0.3 is 0 Å². The molecule has 1 aliphatic heterocycles. The van der Waals surface area contributed by atoms with E-state index in [9.17, 15) is 4.79 Å². The molecule has 0 bridgehead atoms. The Balaban J connectivity index is 1.57. The Morgan fingerprint density at radius 1 is 1.11 bits per heavy atom. The number of pyridine rings is 2. The number of aromatic nitrogens is 6. The van der Waals surface area contributed by atoms with Gasteiger partial charge in [-0.25, -0.2) is 0 Å². The SMILES string of the molecule is [C-]#[N+]c1cccc(Cc2cc(Nc3cccc(-c4nnn(C)n4)c3OC)c3c(n2)CN(C)C3=O)n1. The summed E-state index contributed by atoms with van der Waals surface area (Å²) in [4.78, 5) is 28.5. The van der Waals surface area contributed by atoms with Gasteiger partial charge in [-0.1, -0.05) is 18.7 Å². The van der Waals surface area contributed by atoms with Crippen molar-refractivity contribution in [2.24, 2.45) is 7.05 Å². The lowest BCUT2D eigenvalue weighted by molar-refractivity contribution is 0.0817. The summed E-state index contributed by atoms with van der Waals surface area (Å²) in [6.07, 6.45) is 0.421. The van der Waals surface area contributed by atoms with E-state index in [4.69, 9.17) is 16.3 Å². The number of fused-ring (bicyclic) bond motifs is 1. The monoisotopic (exact) mass is 467 g/mol. The van der Waals surface area contributed by atoms with Crippen molar-refractivity contribution < 1.29 is 9.53 Å². The maximum atomic E-state index is 12.9. The number of benzene rings is 1. The molecule has 4 aromatic rings. The zero-order valence-electron chi connectivity index (χ0n) is 19.3. The third kappa shape index (κ3) is 4.13. The Hall–Kier alpha value is -4.85. The molecule has 0 unspecified atom stereocenters. The number of amides is 1. The average Bonchev–Trinajstić information content (AvgIpc) is 3.41. The Morgan fingerprint density at radius 2 is 1.94 bits per heavy atom. The summed E-state index contributed by atoms with van der Waals surface area (Å²) in [5.74, 6) is 1.17. The molecule has 1 aromatic carbocycles. The van der Waals surface area contributed by atoms with Gasteiger partial charge < -0.3 is 19.8 Å². The van der Waals surface area contributed by atoms with Gasteiger partial charge in [0.2, 0.25) is 5.82 Å². The number of methoxy groups -OCH3 is 1. The lowest BCUT2D eigenvalue weighted by Crippen LogP contribution is -2.18. The largest absolute Gasteiger partial charge is 0.494 e. The lowest BCUT2D eigenvalue weighted by Gasteiger charge is -2.16. The topological polar surface area (TPSA) is 115 Å². The molecule has 11 nitrogen and oxygen atoms in total. The van der Waals surface area contributed by atoms with Gasteiger partial charge in [-0.2, -0.15) is 4.80 Å². The summed E-state index contributed by atoms with van der Waals surface area (Å²) in [7, 11) is 5.00. The fourth-order valence-corrected chi connectivity index (χ4v) is 4.07. The summed E-state index contributed by atoms with van der Waals surface area (Å²) in [5, 5.41) is 15.7. The van der Waals surface area contributed by atoms with Gasteiger partial charge in [0.05, 0.1) is 61.0 Å². The van der Waals surface area contributed by atoms with Gasteiger partial charge in [0.1, 0.15) is 5.69 Å². The first-order chi connectivity index (χ1) is 17.0. The van der Waals surface area contributed by atoms with Gasteiger partial charge in [0.25, 0.3) is 11.7 Å².